The van der Waals surface area contributed by atoms with Crippen LogP contribution >= 0.6 is 0 Å². The highest BCUT2D eigenvalue weighted by Gasteiger charge is 2.32. The fraction of sp³-hybridized carbons (Fsp3) is 0.353. The Labute approximate surface area is 261 Å². The van der Waals surface area contributed by atoms with Gasteiger partial charge in [0.15, 0.2) is 5.76 Å². The Morgan fingerprint density at radius 2 is 1.80 bits per heavy atom. The zero-order valence-corrected chi connectivity index (χ0v) is 25.7. The number of ether oxygens (including phenoxy) is 2. The van der Waals surface area contributed by atoms with Crippen molar-refractivity contribution in [3.05, 3.63) is 78.1 Å². The zero-order valence-electron chi connectivity index (χ0n) is 25.7. The lowest BCUT2D eigenvalue weighted by atomic mass is 10.00. The largest absolute Gasteiger partial charge is 0.452 e. The molecule has 1 aromatic carbocycles. The number of allylic oxidation sites excluding steroid dienone is 1. The number of nitrogens with one attached hydrogen (secondary N) is 2. The Morgan fingerprint density at radius 3 is 2.56 bits per heavy atom. The van der Waals surface area contributed by atoms with Crippen molar-refractivity contribution in [2.24, 2.45) is 7.05 Å². The number of piperidine rings is 1. The van der Waals surface area contributed by atoms with Gasteiger partial charge in [0.2, 0.25) is 5.78 Å². The predicted molar refractivity (Wildman–Crippen MR) is 174 cm³/mol. The molecule has 4 aromatic rings. The fourth-order valence-electron chi connectivity index (χ4n) is 6.82. The van der Waals surface area contributed by atoms with Crippen molar-refractivity contribution < 1.29 is 19.1 Å². The van der Waals surface area contributed by atoms with Gasteiger partial charge in [-0.25, -0.2) is 9.78 Å². The van der Waals surface area contributed by atoms with Crippen LogP contribution in [-0.2, 0) is 11.8 Å². The molecule has 0 spiro atoms. The number of ketones is 1. The van der Waals surface area contributed by atoms with E-state index in [0.29, 0.717) is 28.7 Å². The van der Waals surface area contributed by atoms with Gasteiger partial charge < -0.3 is 29.6 Å². The molecule has 0 radical (unpaired) electrons. The molecular weight excluding hydrogens is 570 g/mol. The third-order valence-electron chi connectivity index (χ3n) is 8.77. The molecule has 3 aromatic heterocycles. The van der Waals surface area contributed by atoms with Gasteiger partial charge in [-0.1, -0.05) is 0 Å². The van der Waals surface area contributed by atoms with E-state index in [1.54, 1.807) is 48.8 Å². The monoisotopic (exact) mass is 607 g/mol. The first-order chi connectivity index (χ1) is 21.8. The van der Waals surface area contributed by atoms with Gasteiger partial charge >= 0.3 is 6.03 Å². The second-order valence-electron chi connectivity index (χ2n) is 12.1. The van der Waals surface area contributed by atoms with Gasteiger partial charge in [0.25, 0.3) is 0 Å². The van der Waals surface area contributed by atoms with Crippen molar-refractivity contribution in [1.82, 2.24) is 19.4 Å². The standard InChI is InChI=1S/C34H37N7O4/c1-21-18-41(19-22(2)44-21)26-9-13-40(14-10-26)28-8-12-36-33-31(28)23(20-39(33)3)15-30-32(42)27-16-24(6-7-29(27)45-30)37-34(43)38-25-5-4-11-35-17-25/h4-8,11-12,15-17,20-22,26H,9-10,13-14,18-19H2,1-3H3,(H2,37,38,43)/b30-15-/t21-,22+. The molecule has 232 valence electrons. The lowest BCUT2D eigenvalue weighted by Gasteiger charge is -2.44. The van der Waals surface area contributed by atoms with E-state index >= 15 is 0 Å². The molecule has 3 aliphatic rings. The Morgan fingerprint density at radius 1 is 1.02 bits per heavy atom. The van der Waals surface area contributed by atoms with Crippen LogP contribution < -0.4 is 20.3 Å². The number of rotatable bonds is 5. The summed E-state index contributed by atoms with van der Waals surface area (Å²) in [4.78, 5) is 39.7. The van der Waals surface area contributed by atoms with E-state index < -0.39 is 6.03 Å². The van der Waals surface area contributed by atoms with Crippen LogP contribution in [0.3, 0.4) is 0 Å². The predicted octanol–water partition coefficient (Wildman–Crippen LogP) is 5.31. The summed E-state index contributed by atoms with van der Waals surface area (Å²) in [5, 5.41) is 6.50. The topological polar surface area (TPSA) is 114 Å². The first kappa shape index (κ1) is 29.0. The van der Waals surface area contributed by atoms with Gasteiger partial charge in [-0.05, 0) is 69.2 Å². The van der Waals surface area contributed by atoms with Gasteiger partial charge in [0.05, 0.1) is 29.7 Å². The van der Waals surface area contributed by atoms with Gasteiger partial charge in [0.1, 0.15) is 11.4 Å². The SMILES string of the molecule is C[C@@H]1CN(C2CCN(c3ccnc4c3c(/C=C3\Oc5ccc(NC(=O)Nc6cccnc6)cc5C3=O)cn4C)CC2)C[C@H](C)O1. The van der Waals surface area contributed by atoms with Crippen LogP contribution in [0.1, 0.15) is 42.6 Å². The van der Waals surface area contributed by atoms with Gasteiger partial charge in [-0.15, -0.1) is 0 Å². The van der Waals surface area contributed by atoms with Crippen LogP contribution in [0, 0.1) is 0 Å². The van der Waals surface area contributed by atoms with E-state index in [2.05, 4.69) is 50.3 Å². The molecule has 0 aliphatic carbocycles. The maximum atomic E-state index is 13.5. The molecule has 3 aliphatic heterocycles. The Balaban J connectivity index is 1.09. The summed E-state index contributed by atoms with van der Waals surface area (Å²) in [6.07, 6.45) is 11.5. The second kappa shape index (κ2) is 12.0. The maximum absolute atomic E-state index is 13.5. The summed E-state index contributed by atoms with van der Waals surface area (Å²) in [5.74, 6) is 0.453. The van der Waals surface area contributed by atoms with Crippen molar-refractivity contribution in [2.45, 2.75) is 44.9 Å². The number of amides is 2. The third-order valence-corrected chi connectivity index (χ3v) is 8.77. The summed E-state index contributed by atoms with van der Waals surface area (Å²) in [7, 11) is 1.97. The van der Waals surface area contributed by atoms with Crippen LogP contribution in [0.25, 0.3) is 17.1 Å². The molecule has 0 unspecified atom stereocenters. The van der Waals surface area contributed by atoms with Crippen LogP contribution in [-0.4, -0.2) is 75.7 Å². The third kappa shape index (κ3) is 5.88. The molecule has 2 N–H and O–H groups in total. The number of pyridine rings is 2. The number of benzene rings is 1. The minimum Gasteiger partial charge on any atom is -0.452 e. The highest BCUT2D eigenvalue weighted by atomic mass is 16.5. The number of morpholine rings is 1. The number of nitrogens with zero attached hydrogens (tertiary/aromatic N) is 5. The number of fused-ring (bicyclic) bond motifs is 2. The molecule has 7 rings (SSSR count). The van der Waals surface area contributed by atoms with Crippen molar-refractivity contribution in [2.75, 3.05) is 41.7 Å². The lowest BCUT2D eigenvalue weighted by Crippen LogP contribution is -2.53. The smallest absolute Gasteiger partial charge is 0.323 e. The van der Waals surface area contributed by atoms with Crippen molar-refractivity contribution >= 4 is 46.0 Å². The Kier molecular flexibility index (Phi) is 7.72. The summed E-state index contributed by atoms with van der Waals surface area (Å²) >= 11 is 0. The van der Waals surface area contributed by atoms with E-state index in [4.69, 9.17) is 9.47 Å². The zero-order chi connectivity index (χ0) is 31.1. The number of carbonyl (C=O) groups is 2. The van der Waals surface area contributed by atoms with Crippen LogP contribution in [0.4, 0.5) is 21.9 Å². The molecule has 0 bridgehead atoms. The summed E-state index contributed by atoms with van der Waals surface area (Å²) in [6, 6.07) is 10.7. The average Bonchev–Trinajstić information content (AvgIpc) is 3.52. The minimum absolute atomic E-state index is 0.235. The lowest BCUT2D eigenvalue weighted by molar-refractivity contribution is -0.0826. The first-order valence-electron chi connectivity index (χ1n) is 15.5. The van der Waals surface area contributed by atoms with E-state index in [1.165, 1.54) is 0 Å². The maximum Gasteiger partial charge on any atom is 0.323 e. The van der Waals surface area contributed by atoms with Crippen molar-refractivity contribution in [3.8, 4) is 5.75 Å². The average molecular weight is 608 g/mol. The first-order valence-corrected chi connectivity index (χ1v) is 15.5. The highest BCUT2D eigenvalue weighted by molar-refractivity contribution is 6.16. The van der Waals surface area contributed by atoms with Crippen molar-refractivity contribution in [1.29, 1.82) is 0 Å². The van der Waals surface area contributed by atoms with Gasteiger partial charge in [-0.3, -0.25) is 14.7 Å². The van der Waals surface area contributed by atoms with Gasteiger partial charge in [0, 0.05) is 80.2 Å². The van der Waals surface area contributed by atoms with E-state index in [0.717, 1.165) is 61.3 Å². The number of hydrogen-bond donors (Lipinski definition) is 2. The van der Waals surface area contributed by atoms with Crippen LogP contribution in [0.15, 0.2) is 66.9 Å². The van der Waals surface area contributed by atoms with Gasteiger partial charge in [-0.2, -0.15) is 0 Å². The molecule has 0 saturated carbocycles. The van der Waals surface area contributed by atoms with E-state index in [1.807, 2.05) is 24.0 Å². The van der Waals surface area contributed by atoms with Crippen LogP contribution in [0.2, 0.25) is 0 Å². The molecule has 2 fully saturated rings. The van der Waals surface area contributed by atoms with E-state index in [9.17, 15) is 9.59 Å². The number of urea groups is 1. The Hall–Kier alpha value is -4.74. The summed E-state index contributed by atoms with van der Waals surface area (Å²) in [5.41, 5.74) is 4.28. The number of Topliss-reactive ketones (excluding diaryl/α,β-unsaturated/α-hetero) is 1. The molecule has 2 atom stereocenters. The second-order valence-corrected chi connectivity index (χ2v) is 12.1. The summed E-state index contributed by atoms with van der Waals surface area (Å²) in [6.45, 7) is 8.18. The highest BCUT2D eigenvalue weighted by Crippen LogP contribution is 2.37. The number of aromatic nitrogens is 3. The molecule has 45 heavy (non-hydrogen) atoms. The molecule has 11 nitrogen and oxygen atoms in total. The summed E-state index contributed by atoms with van der Waals surface area (Å²) < 4.78 is 14.0. The number of hydrogen-bond acceptors (Lipinski definition) is 8. The van der Waals surface area contributed by atoms with E-state index in [-0.39, 0.29) is 23.8 Å². The molecule has 2 amide bonds. The minimum atomic E-state index is -0.432. The Bertz CT molecular complexity index is 1770. The molecule has 2 saturated heterocycles. The molecular formula is C34H37N7O4. The van der Waals surface area contributed by atoms with Crippen LogP contribution in [0.5, 0.6) is 5.75 Å². The number of anilines is 3. The fourth-order valence-corrected chi connectivity index (χ4v) is 6.82. The molecule has 6 heterocycles. The number of aryl methyl sites for hydroxylation is 1. The van der Waals surface area contributed by atoms with Crippen molar-refractivity contribution in [3.63, 3.8) is 0 Å². The number of carbonyl (C=O) groups excluding carboxylic acids is 2. The normalized spacial score (nSPS) is 21.6. The quantitative estimate of drug-likeness (QED) is 0.294. The molecule has 11 heteroatoms.